The van der Waals surface area contributed by atoms with E-state index in [9.17, 15) is 0 Å². The van der Waals surface area contributed by atoms with Crippen molar-refractivity contribution < 1.29 is 9.47 Å². The van der Waals surface area contributed by atoms with Crippen LogP contribution in [0.4, 0.5) is 5.95 Å². The van der Waals surface area contributed by atoms with Crippen molar-refractivity contribution in [2.45, 2.75) is 0 Å². The molecule has 2 rings (SSSR count). The van der Waals surface area contributed by atoms with Gasteiger partial charge in [0.25, 0.3) is 0 Å². The van der Waals surface area contributed by atoms with Crippen molar-refractivity contribution in [2.75, 3.05) is 12.5 Å². The Bertz CT molecular complexity index is 529. The van der Waals surface area contributed by atoms with Crippen LogP contribution < -0.4 is 20.7 Å². The molecule has 0 atom stereocenters. The van der Waals surface area contributed by atoms with Crippen molar-refractivity contribution in [1.82, 2.24) is 15.0 Å². The Hall–Kier alpha value is -1.93. The fourth-order valence-electron chi connectivity index (χ4n) is 1.17. The molecule has 2 aromatic rings. The van der Waals surface area contributed by atoms with Gasteiger partial charge in [0, 0.05) is 0 Å². The molecule has 0 fully saturated rings. The van der Waals surface area contributed by atoms with Gasteiger partial charge in [0.2, 0.25) is 5.95 Å². The smallest absolute Gasteiger partial charge is 0.330 e. The van der Waals surface area contributed by atoms with Gasteiger partial charge in [0.1, 0.15) is 5.75 Å². The van der Waals surface area contributed by atoms with E-state index in [1.807, 2.05) is 18.2 Å². The number of benzene rings is 1. The molecular formula is C10H10BrN5O2. The first kappa shape index (κ1) is 12.5. The first-order valence-corrected chi connectivity index (χ1v) is 5.71. The summed E-state index contributed by atoms with van der Waals surface area (Å²) in [4.78, 5) is 11.8. The van der Waals surface area contributed by atoms with Crippen LogP contribution in [0.1, 0.15) is 0 Å². The lowest BCUT2D eigenvalue weighted by atomic mass is 10.3. The number of anilines is 1. The number of nitrogens with one attached hydrogen (secondary N) is 1. The van der Waals surface area contributed by atoms with Gasteiger partial charge in [-0.3, -0.25) is 5.43 Å². The highest BCUT2D eigenvalue weighted by atomic mass is 79.9. The van der Waals surface area contributed by atoms with E-state index in [2.05, 4.69) is 36.3 Å². The summed E-state index contributed by atoms with van der Waals surface area (Å²) in [5.74, 6) is 5.98. The summed E-state index contributed by atoms with van der Waals surface area (Å²) >= 11 is 3.36. The molecule has 1 aromatic heterocycles. The number of para-hydroxylation sites is 1. The van der Waals surface area contributed by atoms with Crippen LogP contribution in [0, 0.1) is 0 Å². The van der Waals surface area contributed by atoms with Crippen LogP contribution >= 0.6 is 15.9 Å². The number of halogens is 1. The van der Waals surface area contributed by atoms with Gasteiger partial charge in [0.15, 0.2) is 0 Å². The number of nitrogens with two attached hydrogens (primary N) is 1. The number of hydrazine groups is 1. The maximum Gasteiger partial charge on any atom is 0.330 e. The minimum absolute atomic E-state index is 0.0849. The Balaban J connectivity index is 2.31. The van der Waals surface area contributed by atoms with E-state index >= 15 is 0 Å². The van der Waals surface area contributed by atoms with Gasteiger partial charge in [-0.2, -0.15) is 9.97 Å². The minimum Gasteiger partial charge on any atom is -0.467 e. The lowest BCUT2D eigenvalue weighted by Gasteiger charge is -2.07. The number of hydrogen-bond donors (Lipinski definition) is 2. The normalized spacial score (nSPS) is 9.94. The summed E-state index contributed by atoms with van der Waals surface area (Å²) in [5, 5.41) is 0. The molecule has 0 saturated heterocycles. The van der Waals surface area contributed by atoms with Gasteiger partial charge >= 0.3 is 12.0 Å². The molecule has 0 aliphatic carbocycles. The molecule has 0 radical (unpaired) electrons. The highest BCUT2D eigenvalue weighted by molar-refractivity contribution is 9.10. The molecule has 7 nitrogen and oxygen atoms in total. The predicted molar refractivity (Wildman–Crippen MR) is 68.4 cm³/mol. The third-order valence-corrected chi connectivity index (χ3v) is 2.60. The van der Waals surface area contributed by atoms with E-state index in [4.69, 9.17) is 15.3 Å². The topological polar surface area (TPSA) is 95.2 Å². The SMILES string of the molecule is COc1nc(NN)nc(Oc2ccccc2Br)n1. The van der Waals surface area contributed by atoms with Crippen LogP contribution in [-0.4, -0.2) is 22.1 Å². The van der Waals surface area contributed by atoms with Crippen molar-refractivity contribution in [3.63, 3.8) is 0 Å². The van der Waals surface area contributed by atoms with Crippen LogP contribution in [0.2, 0.25) is 0 Å². The van der Waals surface area contributed by atoms with Gasteiger partial charge < -0.3 is 9.47 Å². The number of nitrogens with zero attached hydrogens (tertiary/aromatic N) is 3. The summed E-state index contributed by atoms with van der Waals surface area (Å²) < 4.78 is 11.2. The monoisotopic (exact) mass is 311 g/mol. The highest BCUT2D eigenvalue weighted by Gasteiger charge is 2.09. The summed E-state index contributed by atoms with van der Waals surface area (Å²) in [6, 6.07) is 7.52. The molecule has 0 spiro atoms. The van der Waals surface area contributed by atoms with Crippen LogP contribution in [-0.2, 0) is 0 Å². The number of methoxy groups -OCH3 is 1. The van der Waals surface area contributed by atoms with E-state index in [1.165, 1.54) is 7.11 Å². The molecule has 18 heavy (non-hydrogen) atoms. The van der Waals surface area contributed by atoms with Gasteiger partial charge in [-0.05, 0) is 28.1 Å². The molecule has 0 unspecified atom stereocenters. The van der Waals surface area contributed by atoms with E-state index in [1.54, 1.807) is 6.07 Å². The number of rotatable bonds is 4. The molecule has 0 saturated carbocycles. The molecule has 0 amide bonds. The maximum atomic E-state index is 5.51. The standard InChI is InChI=1S/C10H10BrN5O2/c1-17-9-13-8(16-12)14-10(15-9)18-7-5-3-2-4-6(7)11/h2-5H,12H2,1H3,(H,13,14,15,16). The highest BCUT2D eigenvalue weighted by Crippen LogP contribution is 2.28. The number of hydrogen-bond acceptors (Lipinski definition) is 7. The number of ether oxygens (including phenoxy) is 2. The Morgan fingerprint density at radius 2 is 1.89 bits per heavy atom. The first-order chi connectivity index (χ1) is 8.72. The molecule has 8 heteroatoms. The fourth-order valence-corrected chi connectivity index (χ4v) is 1.53. The zero-order chi connectivity index (χ0) is 13.0. The number of aromatic nitrogens is 3. The fraction of sp³-hybridized carbons (Fsp3) is 0.100. The van der Waals surface area contributed by atoms with Crippen molar-refractivity contribution in [3.05, 3.63) is 28.7 Å². The third-order valence-electron chi connectivity index (χ3n) is 1.94. The molecular weight excluding hydrogens is 302 g/mol. The summed E-state index contributed by atoms with van der Waals surface area (Å²) in [6.07, 6.45) is 0. The van der Waals surface area contributed by atoms with Gasteiger partial charge in [-0.15, -0.1) is 4.98 Å². The van der Waals surface area contributed by atoms with Crippen molar-refractivity contribution in [2.24, 2.45) is 5.84 Å². The van der Waals surface area contributed by atoms with E-state index in [0.717, 1.165) is 4.47 Å². The Labute approximate surface area is 111 Å². The average Bonchev–Trinajstić information content (AvgIpc) is 2.41. The number of nitrogen functional groups attached to an aromatic ring is 1. The van der Waals surface area contributed by atoms with Gasteiger partial charge in [-0.1, -0.05) is 12.1 Å². The Morgan fingerprint density at radius 3 is 2.56 bits per heavy atom. The molecule has 1 aromatic carbocycles. The lowest BCUT2D eigenvalue weighted by Crippen LogP contribution is -2.12. The van der Waals surface area contributed by atoms with E-state index in [0.29, 0.717) is 5.75 Å². The predicted octanol–water partition coefficient (Wildman–Crippen LogP) is 1.72. The minimum atomic E-state index is 0.0849. The quantitative estimate of drug-likeness (QED) is 0.655. The first-order valence-electron chi connectivity index (χ1n) is 4.92. The van der Waals surface area contributed by atoms with Crippen molar-refractivity contribution in [3.8, 4) is 17.8 Å². The second-order valence-electron chi connectivity index (χ2n) is 3.11. The Morgan fingerprint density at radius 1 is 1.17 bits per heavy atom. The zero-order valence-corrected chi connectivity index (χ0v) is 11.0. The van der Waals surface area contributed by atoms with Gasteiger partial charge in [-0.25, -0.2) is 5.84 Å². The molecule has 0 bridgehead atoms. The average molecular weight is 312 g/mol. The van der Waals surface area contributed by atoms with Crippen LogP contribution in [0.25, 0.3) is 0 Å². The maximum absolute atomic E-state index is 5.51. The second-order valence-corrected chi connectivity index (χ2v) is 3.96. The molecule has 1 heterocycles. The summed E-state index contributed by atoms with van der Waals surface area (Å²) in [6.45, 7) is 0. The van der Waals surface area contributed by atoms with E-state index in [-0.39, 0.29) is 18.0 Å². The van der Waals surface area contributed by atoms with E-state index < -0.39 is 0 Å². The summed E-state index contributed by atoms with van der Waals surface area (Å²) in [7, 11) is 1.44. The van der Waals surface area contributed by atoms with Gasteiger partial charge in [0.05, 0.1) is 11.6 Å². The van der Waals surface area contributed by atoms with Crippen molar-refractivity contribution in [1.29, 1.82) is 0 Å². The third kappa shape index (κ3) is 2.84. The molecule has 0 aliphatic rings. The largest absolute Gasteiger partial charge is 0.467 e. The van der Waals surface area contributed by atoms with Crippen LogP contribution in [0.15, 0.2) is 28.7 Å². The second kappa shape index (κ2) is 5.61. The zero-order valence-electron chi connectivity index (χ0n) is 9.42. The molecule has 3 N–H and O–H groups in total. The van der Waals surface area contributed by atoms with Crippen LogP contribution in [0.3, 0.4) is 0 Å². The van der Waals surface area contributed by atoms with Crippen molar-refractivity contribution >= 4 is 21.9 Å². The molecule has 94 valence electrons. The Kier molecular flexibility index (Phi) is 3.90. The molecule has 0 aliphatic heterocycles. The lowest BCUT2D eigenvalue weighted by molar-refractivity contribution is 0.359. The van der Waals surface area contributed by atoms with Crippen LogP contribution in [0.5, 0.6) is 17.8 Å². The summed E-state index contributed by atoms with van der Waals surface area (Å²) in [5.41, 5.74) is 2.31.